The molecular weight excluding hydrogens is 414 g/mol. The molecule has 2 aromatic rings. The number of allylic oxidation sites excluding steroid dienone is 1. The summed E-state index contributed by atoms with van der Waals surface area (Å²) in [5.74, 6) is -1.04. The van der Waals surface area contributed by atoms with E-state index in [2.05, 4.69) is 21.4 Å². The van der Waals surface area contributed by atoms with Crippen molar-refractivity contribution < 1.29 is 14.4 Å². The summed E-state index contributed by atoms with van der Waals surface area (Å²) in [4.78, 5) is 38.0. The molecule has 156 valence electrons. The third-order valence-electron chi connectivity index (χ3n) is 4.85. The van der Waals surface area contributed by atoms with Crippen molar-refractivity contribution in [3.8, 4) is 0 Å². The number of hydrazine groups is 1. The number of hydrogen-bond acceptors (Lipinski definition) is 4. The first-order valence-corrected chi connectivity index (χ1v) is 9.91. The molecule has 1 unspecified atom stereocenters. The number of nitrogens with one attached hydrogen (secondary N) is 4. The van der Waals surface area contributed by atoms with Gasteiger partial charge in [-0.15, -0.1) is 0 Å². The molecule has 9 heteroatoms. The van der Waals surface area contributed by atoms with Crippen LogP contribution in [0.15, 0.2) is 77.6 Å². The third-order valence-corrected chi connectivity index (χ3v) is 5.13. The molecule has 0 spiro atoms. The van der Waals surface area contributed by atoms with Crippen LogP contribution in [0.3, 0.4) is 0 Å². The first-order chi connectivity index (χ1) is 14.9. The lowest BCUT2D eigenvalue weighted by atomic mass is 9.95. The predicted molar refractivity (Wildman–Crippen MR) is 119 cm³/mol. The van der Waals surface area contributed by atoms with Gasteiger partial charge in [0.05, 0.1) is 11.6 Å². The lowest BCUT2D eigenvalue weighted by molar-refractivity contribution is -0.131. The lowest BCUT2D eigenvalue weighted by Crippen LogP contribution is -2.51. The van der Waals surface area contributed by atoms with Crippen LogP contribution in [0.25, 0.3) is 6.08 Å². The molecule has 31 heavy (non-hydrogen) atoms. The van der Waals surface area contributed by atoms with E-state index in [0.29, 0.717) is 5.70 Å². The second-order valence-corrected chi connectivity index (χ2v) is 7.35. The van der Waals surface area contributed by atoms with Gasteiger partial charge in [0, 0.05) is 5.70 Å². The first-order valence-electron chi connectivity index (χ1n) is 9.50. The van der Waals surface area contributed by atoms with Crippen LogP contribution >= 0.6 is 12.2 Å². The Morgan fingerprint density at radius 2 is 1.68 bits per heavy atom. The minimum Gasteiger partial charge on any atom is -0.327 e. The SMILES string of the molecule is CC1=C(C(=O)NN2C(=O)C(=Cc3ccccc3)NC2=S)C(c2ccccc2)NC(=O)N1. The number of rotatable bonds is 4. The van der Waals surface area contributed by atoms with Crippen LogP contribution in [0.2, 0.25) is 0 Å². The number of amides is 4. The predicted octanol–water partition coefficient (Wildman–Crippen LogP) is 2.10. The molecular formula is C22H19N5O3S. The zero-order valence-corrected chi connectivity index (χ0v) is 17.3. The zero-order valence-electron chi connectivity index (χ0n) is 16.5. The largest absolute Gasteiger partial charge is 0.327 e. The molecule has 2 aliphatic heterocycles. The summed E-state index contributed by atoms with van der Waals surface area (Å²) in [5, 5.41) is 9.23. The summed E-state index contributed by atoms with van der Waals surface area (Å²) in [5.41, 5.74) is 5.03. The van der Waals surface area contributed by atoms with Crippen molar-refractivity contribution in [1.29, 1.82) is 0 Å². The molecule has 4 N–H and O–H groups in total. The quantitative estimate of drug-likeness (QED) is 0.437. The average Bonchev–Trinajstić information content (AvgIpc) is 3.01. The highest BCUT2D eigenvalue weighted by molar-refractivity contribution is 7.80. The Bertz CT molecular complexity index is 1130. The molecule has 1 atom stereocenters. The van der Waals surface area contributed by atoms with Crippen molar-refractivity contribution >= 4 is 41.3 Å². The molecule has 0 aliphatic carbocycles. The molecule has 4 amide bonds. The van der Waals surface area contributed by atoms with Gasteiger partial charge in [0.15, 0.2) is 5.11 Å². The Morgan fingerprint density at radius 1 is 1.03 bits per heavy atom. The number of nitrogens with zero attached hydrogens (tertiary/aromatic N) is 1. The highest BCUT2D eigenvalue weighted by atomic mass is 32.1. The van der Waals surface area contributed by atoms with Crippen molar-refractivity contribution in [3.05, 3.63) is 88.8 Å². The van der Waals surface area contributed by atoms with Crippen LogP contribution in [-0.2, 0) is 9.59 Å². The monoisotopic (exact) mass is 433 g/mol. The van der Waals surface area contributed by atoms with Gasteiger partial charge in [0.2, 0.25) is 0 Å². The molecule has 8 nitrogen and oxygen atoms in total. The van der Waals surface area contributed by atoms with E-state index in [1.165, 1.54) is 0 Å². The number of carbonyl (C=O) groups excluding carboxylic acids is 3. The molecule has 0 aromatic heterocycles. The van der Waals surface area contributed by atoms with Gasteiger partial charge in [0.25, 0.3) is 11.8 Å². The normalized spacial score (nSPS) is 19.8. The maximum absolute atomic E-state index is 13.1. The number of thiocarbonyl (C=S) groups is 1. The summed E-state index contributed by atoms with van der Waals surface area (Å²) >= 11 is 5.24. The minimum atomic E-state index is -0.673. The van der Waals surface area contributed by atoms with Gasteiger partial charge in [-0.3, -0.25) is 15.0 Å². The summed E-state index contributed by atoms with van der Waals surface area (Å²) < 4.78 is 0. The van der Waals surface area contributed by atoms with Crippen LogP contribution in [0.5, 0.6) is 0 Å². The Labute approximate surface area is 184 Å². The van der Waals surface area contributed by atoms with Crippen LogP contribution in [0.1, 0.15) is 24.1 Å². The summed E-state index contributed by atoms with van der Waals surface area (Å²) in [7, 11) is 0. The fourth-order valence-electron chi connectivity index (χ4n) is 3.40. The smallest absolute Gasteiger partial charge is 0.319 e. The van der Waals surface area contributed by atoms with E-state index in [1.54, 1.807) is 13.0 Å². The second kappa shape index (κ2) is 8.41. The number of hydrogen-bond donors (Lipinski definition) is 4. The molecule has 0 radical (unpaired) electrons. The Hall–Kier alpha value is -3.98. The van der Waals surface area contributed by atoms with E-state index in [9.17, 15) is 14.4 Å². The van der Waals surface area contributed by atoms with E-state index in [1.807, 2.05) is 60.7 Å². The van der Waals surface area contributed by atoms with Crippen LogP contribution < -0.4 is 21.4 Å². The van der Waals surface area contributed by atoms with Crippen molar-refractivity contribution in [1.82, 2.24) is 26.4 Å². The van der Waals surface area contributed by atoms with Crippen LogP contribution in [0, 0.1) is 0 Å². The van der Waals surface area contributed by atoms with Gasteiger partial charge in [-0.2, -0.15) is 5.01 Å². The van der Waals surface area contributed by atoms with Crippen molar-refractivity contribution in [2.24, 2.45) is 0 Å². The standard InChI is InChI=1S/C22H19N5O3S/c1-13-17(18(25-21(30)23-13)15-10-6-3-7-11-15)19(28)26-27-20(29)16(24-22(27)31)12-14-8-4-2-5-9-14/h2-12,18H,1H3,(H,24,31)(H,26,28)(H2,23,25,30). The Morgan fingerprint density at radius 3 is 2.35 bits per heavy atom. The topological polar surface area (TPSA) is 103 Å². The van der Waals surface area contributed by atoms with E-state index in [4.69, 9.17) is 12.2 Å². The van der Waals surface area contributed by atoms with Gasteiger partial charge in [-0.1, -0.05) is 60.7 Å². The van der Waals surface area contributed by atoms with E-state index in [0.717, 1.165) is 16.1 Å². The van der Waals surface area contributed by atoms with E-state index < -0.39 is 23.9 Å². The van der Waals surface area contributed by atoms with E-state index >= 15 is 0 Å². The minimum absolute atomic E-state index is 0.0582. The highest BCUT2D eigenvalue weighted by Crippen LogP contribution is 2.27. The molecule has 4 rings (SSSR count). The van der Waals surface area contributed by atoms with Gasteiger partial charge in [-0.25, -0.2) is 4.79 Å². The third kappa shape index (κ3) is 4.17. The highest BCUT2D eigenvalue weighted by Gasteiger charge is 2.36. The number of benzene rings is 2. The van der Waals surface area contributed by atoms with Crippen molar-refractivity contribution in [3.63, 3.8) is 0 Å². The average molecular weight is 433 g/mol. The maximum Gasteiger partial charge on any atom is 0.319 e. The molecule has 2 aliphatic rings. The van der Waals surface area contributed by atoms with Crippen LogP contribution in [-0.4, -0.2) is 28.0 Å². The summed E-state index contributed by atoms with van der Waals surface area (Å²) in [6.45, 7) is 1.63. The Balaban J connectivity index is 1.58. The second-order valence-electron chi connectivity index (χ2n) is 6.96. The van der Waals surface area contributed by atoms with Gasteiger partial charge in [-0.05, 0) is 36.3 Å². The van der Waals surface area contributed by atoms with Crippen LogP contribution in [0.4, 0.5) is 4.79 Å². The molecule has 0 bridgehead atoms. The van der Waals surface area contributed by atoms with Gasteiger partial charge < -0.3 is 16.0 Å². The molecule has 1 fully saturated rings. The van der Waals surface area contributed by atoms with E-state index in [-0.39, 0.29) is 16.4 Å². The zero-order chi connectivity index (χ0) is 22.0. The number of urea groups is 1. The fraction of sp³-hybridized carbons (Fsp3) is 0.0909. The summed E-state index contributed by atoms with van der Waals surface area (Å²) in [6, 6.07) is 17.3. The number of carbonyl (C=O) groups is 3. The Kier molecular flexibility index (Phi) is 5.50. The fourth-order valence-corrected chi connectivity index (χ4v) is 3.64. The van der Waals surface area contributed by atoms with Crippen molar-refractivity contribution in [2.45, 2.75) is 13.0 Å². The molecule has 2 heterocycles. The van der Waals surface area contributed by atoms with Gasteiger partial charge >= 0.3 is 6.03 Å². The lowest BCUT2D eigenvalue weighted by Gasteiger charge is -2.29. The van der Waals surface area contributed by atoms with Crippen molar-refractivity contribution in [2.75, 3.05) is 0 Å². The molecule has 2 aromatic carbocycles. The van der Waals surface area contributed by atoms with Gasteiger partial charge in [0.1, 0.15) is 5.70 Å². The first kappa shape index (κ1) is 20.3. The summed E-state index contributed by atoms with van der Waals surface area (Å²) in [6.07, 6.45) is 1.65. The molecule has 1 saturated heterocycles. The maximum atomic E-state index is 13.1. The molecule has 0 saturated carbocycles.